The molecule has 1 heterocycles. The molecule has 0 fully saturated rings. The predicted molar refractivity (Wildman–Crippen MR) is 99.4 cm³/mol. The molecule has 0 unspecified atom stereocenters. The zero-order valence-corrected chi connectivity index (χ0v) is 15.8. The lowest BCUT2D eigenvalue weighted by Gasteiger charge is -2.23. The Hall–Kier alpha value is -2.63. The van der Waals surface area contributed by atoms with Gasteiger partial charge in [-0.1, -0.05) is 0 Å². The van der Waals surface area contributed by atoms with Crippen LogP contribution in [0.5, 0.6) is 11.5 Å². The van der Waals surface area contributed by atoms with Crippen molar-refractivity contribution in [3.05, 3.63) is 46.9 Å². The van der Waals surface area contributed by atoms with Crippen LogP contribution in [0.25, 0.3) is 0 Å². The molecule has 1 aromatic carbocycles. The van der Waals surface area contributed by atoms with Crippen molar-refractivity contribution in [1.82, 2.24) is 10.2 Å². The normalized spacial score (nSPS) is 11.4. The summed E-state index contributed by atoms with van der Waals surface area (Å²) in [5.74, 6) is 4.22. The van der Waals surface area contributed by atoms with Crippen LogP contribution in [0.4, 0.5) is 0 Å². The van der Waals surface area contributed by atoms with E-state index in [1.54, 1.807) is 21.3 Å². The molecular formula is C19H27N3O3. The summed E-state index contributed by atoms with van der Waals surface area (Å²) in [4.78, 5) is 6.41. The molecule has 0 aliphatic rings. The van der Waals surface area contributed by atoms with E-state index in [9.17, 15) is 0 Å². The number of furan rings is 1. The van der Waals surface area contributed by atoms with Gasteiger partial charge in [-0.3, -0.25) is 4.99 Å². The first-order chi connectivity index (χ1) is 12.0. The van der Waals surface area contributed by atoms with Crippen molar-refractivity contribution in [1.29, 1.82) is 0 Å². The van der Waals surface area contributed by atoms with Gasteiger partial charge in [0.05, 0.1) is 14.2 Å². The highest BCUT2D eigenvalue weighted by atomic mass is 16.5. The molecule has 2 aromatic rings. The van der Waals surface area contributed by atoms with Crippen LogP contribution >= 0.6 is 0 Å². The zero-order valence-electron chi connectivity index (χ0n) is 15.8. The number of hydrogen-bond donors (Lipinski definition) is 1. The van der Waals surface area contributed by atoms with Gasteiger partial charge in [0.1, 0.15) is 23.0 Å². The second-order valence-electron chi connectivity index (χ2n) is 5.87. The fraction of sp³-hybridized carbons (Fsp3) is 0.421. The van der Waals surface area contributed by atoms with Gasteiger partial charge in [0.2, 0.25) is 0 Å². The molecule has 2 rings (SSSR count). The monoisotopic (exact) mass is 345 g/mol. The van der Waals surface area contributed by atoms with Gasteiger partial charge >= 0.3 is 0 Å². The number of nitrogens with one attached hydrogen (secondary N) is 1. The Labute approximate surface area is 149 Å². The first-order valence-corrected chi connectivity index (χ1v) is 8.17. The molecule has 6 heteroatoms. The van der Waals surface area contributed by atoms with E-state index in [1.165, 1.54) is 0 Å². The SMILES string of the molecule is CN=C(NCc1cc(C)oc1C)N(C)Cc1ccc(OC)cc1OC. The Morgan fingerprint density at radius 2 is 1.92 bits per heavy atom. The number of aliphatic imine (C=N–C) groups is 1. The third-order valence-corrected chi connectivity index (χ3v) is 4.06. The van der Waals surface area contributed by atoms with Crippen LogP contribution in [-0.4, -0.2) is 39.2 Å². The fourth-order valence-corrected chi connectivity index (χ4v) is 2.73. The topological polar surface area (TPSA) is 59.2 Å². The summed E-state index contributed by atoms with van der Waals surface area (Å²) in [5.41, 5.74) is 2.19. The number of rotatable bonds is 6. The third-order valence-electron chi connectivity index (χ3n) is 4.06. The third kappa shape index (κ3) is 4.68. The van der Waals surface area contributed by atoms with Crippen molar-refractivity contribution in [2.24, 2.45) is 4.99 Å². The van der Waals surface area contributed by atoms with Crippen LogP contribution in [0.2, 0.25) is 0 Å². The number of ether oxygens (including phenoxy) is 2. The molecule has 25 heavy (non-hydrogen) atoms. The highest BCUT2D eigenvalue weighted by Gasteiger charge is 2.12. The Kier molecular flexibility index (Phi) is 6.33. The average Bonchev–Trinajstić information content (AvgIpc) is 2.93. The second-order valence-corrected chi connectivity index (χ2v) is 5.87. The summed E-state index contributed by atoms with van der Waals surface area (Å²) in [5, 5.41) is 3.37. The largest absolute Gasteiger partial charge is 0.497 e. The van der Waals surface area contributed by atoms with Crippen molar-refractivity contribution in [2.75, 3.05) is 28.3 Å². The summed E-state index contributed by atoms with van der Waals surface area (Å²) in [6.07, 6.45) is 0. The summed E-state index contributed by atoms with van der Waals surface area (Å²) in [6.45, 7) is 5.25. The van der Waals surface area contributed by atoms with Gasteiger partial charge in [-0.2, -0.15) is 0 Å². The van der Waals surface area contributed by atoms with E-state index in [0.717, 1.165) is 40.1 Å². The molecule has 1 N–H and O–H groups in total. The summed E-state index contributed by atoms with van der Waals surface area (Å²) >= 11 is 0. The Morgan fingerprint density at radius 1 is 1.16 bits per heavy atom. The molecule has 1 aromatic heterocycles. The van der Waals surface area contributed by atoms with Gasteiger partial charge < -0.3 is 24.1 Å². The maximum Gasteiger partial charge on any atom is 0.193 e. The first kappa shape index (κ1) is 18.7. The van der Waals surface area contributed by atoms with E-state index in [-0.39, 0.29) is 0 Å². The molecule has 0 aliphatic carbocycles. The lowest BCUT2D eigenvalue weighted by atomic mass is 10.2. The Morgan fingerprint density at radius 3 is 2.48 bits per heavy atom. The van der Waals surface area contributed by atoms with Gasteiger partial charge in [0.25, 0.3) is 0 Å². The minimum Gasteiger partial charge on any atom is -0.497 e. The lowest BCUT2D eigenvalue weighted by Crippen LogP contribution is -2.38. The van der Waals surface area contributed by atoms with Gasteiger partial charge in [0.15, 0.2) is 5.96 Å². The molecule has 0 aliphatic heterocycles. The molecule has 0 saturated carbocycles. The highest BCUT2D eigenvalue weighted by Crippen LogP contribution is 2.25. The van der Waals surface area contributed by atoms with Crippen molar-refractivity contribution in [3.63, 3.8) is 0 Å². The standard InChI is InChI=1S/C19H27N3O3/c1-13-9-16(14(2)25-13)11-21-19(20-3)22(4)12-15-7-8-17(23-5)10-18(15)24-6/h7-10H,11-12H2,1-6H3,(H,20,21). The maximum atomic E-state index is 5.57. The van der Waals surface area contributed by atoms with Gasteiger partial charge in [-0.05, 0) is 32.0 Å². The molecule has 6 nitrogen and oxygen atoms in total. The molecule has 0 atom stereocenters. The van der Waals surface area contributed by atoms with Crippen molar-refractivity contribution in [3.8, 4) is 11.5 Å². The molecular weight excluding hydrogens is 318 g/mol. The lowest BCUT2D eigenvalue weighted by molar-refractivity contribution is 0.382. The number of guanidine groups is 1. The number of nitrogens with zero attached hydrogens (tertiary/aromatic N) is 2. The quantitative estimate of drug-likeness (QED) is 0.644. The summed E-state index contributed by atoms with van der Waals surface area (Å²) < 4.78 is 16.3. The van der Waals surface area contributed by atoms with E-state index in [2.05, 4.69) is 10.3 Å². The van der Waals surface area contributed by atoms with Crippen molar-refractivity contribution < 1.29 is 13.9 Å². The van der Waals surface area contributed by atoms with Crippen LogP contribution in [0.15, 0.2) is 33.7 Å². The number of hydrogen-bond acceptors (Lipinski definition) is 4. The predicted octanol–water partition coefficient (Wildman–Crippen LogP) is 3.12. The molecule has 0 bridgehead atoms. The van der Waals surface area contributed by atoms with Crippen LogP contribution in [0.3, 0.4) is 0 Å². The summed E-state index contributed by atoms with van der Waals surface area (Å²) in [7, 11) is 7.07. The van der Waals surface area contributed by atoms with E-state index < -0.39 is 0 Å². The minimum absolute atomic E-state index is 0.663. The van der Waals surface area contributed by atoms with Crippen molar-refractivity contribution in [2.45, 2.75) is 26.9 Å². The number of methoxy groups -OCH3 is 2. The Balaban J connectivity index is 2.05. The highest BCUT2D eigenvalue weighted by molar-refractivity contribution is 5.79. The van der Waals surface area contributed by atoms with E-state index >= 15 is 0 Å². The Bertz CT molecular complexity index is 738. The minimum atomic E-state index is 0.663. The molecule has 0 radical (unpaired) electrons. The second kappa shape index (κ2) is 8.46. The molecule has 0 saturated heterocycles. The van der Waals surface area contributed by atoms with Crippen LogP contribution in [0, 0.1) is 13.8 Å². The first-order valence-electron chi connectivity index (χ1n) is 8.17. The number of aryl methyl sites for hydroxylation is 2. The summed E-state index contributed by atoms with van der Waals surface area (Å²) in [6, 6.07) is 7.86. The smallest absolute Gasteiger partial charge is 0.193 e. The van der Waals surface area contributed by atoms with Crippen LogP contribution in [-0.2, 0) is 13.1 Å². The van der Waals surface area contributed by atoms with Gasteiger partial charge in [0, 0.05) is 44.4 Å². The molecule has 0 amide bonds. The fourth-order valence-electron chi connectivity index (χ4n) is 2.73. The van der Waals surface area contributed by atoms with E-state index in [1.807, 2.05) is 50.1 Å². The molecule has 136 valence electrons. The van der Waals surface area contributed by atoms with Crippen LogP contribution < -0.4 is 14.8 Å². The van der Waals surface area contributed by atoms with E-state index in [4.69, 9.17) is 13.9 Å². The number of benzene rings is 1. The molecule has 0 spiro atoms. The van der Waals surface area contributed by atoms with Crippen molar-refractivity contribution >= 4 is 5.96 Å². The van der Waals surface area contributed by atoms with E-state index in [0.29, 0.717) is 13.1 Å². The van der Waals surface area contributed by atoms with Crippen LogP contribution in [0.1, 0.15) is 22.6 Å². The maximum absolute atomic E-state index is 5.57. The van der Waals surface area contributed by atoms with Gasteiger partial charge in [-0.25, -0.2) is 0 Å². The van der Waals surface area contributed by atoms with Gasteiger partial charge in [-0.15, -0.1) is 0 Å². The zero-order chi connectivity index (χ0) is 18.4. The average molecular weight is 345 g/mol.